The molecule has 23 heavy (non-hydrogen) atoms. The molecule has 1 aliphatic heterocycles. The molecule has 2 rings (SSSR count). The monoisotopic (exact) mass is 328 g/mol. The third kappa shape index (κ3) is 3.60. The van der Waals surface area contributed by atoms with Crippen molar-refractivity contribution in [3.8, 4) is 6.07 Å². The minimum absolute atomic E-state index is 0.0548. The Balaban J connectivity index is 2.56. The molecule has 2 heterocycles. The largest absolute Gasteiger partial charge is 0.369 e. The average molecular weight is 328 g/mol. The van der Waals surface area contributed by atoms with Crippen LogP contribution in [0.1, 0.15) is 25.3 Å². The van der Waals surface area contributed by atoms with E-state index in [-0.39, 0.29) is 11.5 Å². The first-order valence-corrected chi connectivity index (χ1v) is 7.88. The summed E-state index contributed by atoms with van der Waals surface area (Å²) in [6, 6.07) is 5.72. The van der Waals surface area contributed by atoms with Crippen LogP contribution in [0.2, 0.25) is 0 Å². The van der Waals surface area contributed by atoms with Crippen LogP contribution in [-0.4, -0.2) is 22.4 Å². The Labute approximate surface area is 138 Å². The van der Waals surface area contributed by atoms with Gasteiger partial charge in [-0.05, 0) is 31.5 Å². The number of allylic oxidation sites excluding steroid dienone is 3. The molecule has 6 nitrogen and oxygen atoms in total. The van der Waals surface area contributed by atoms with Gasteiger partial charge >= 0.3 is 0 Å². The fourth-order valence-electron chi connectivity index (χ4n) is 2.53. The molecule has 1 aromatic rings. The zero-order valence-corrected chi connectivity index (χ0v) is 13.6. The summed E-state index contributed by atoms with van der Waals surface area (Å²) in [6.07, 6.45) is 3.24. The summed E-state index contributed by atoms with van der Waals surface area (Å²) in [5.74, 6) is -0.999. The first-order valence-electron chi connectivity index (χ1n) is 6.89. The lowest BCUT2D eigenvalue weighted by atomic mass is 9.81. The minimum Gasteiger partial charge on any atom is -0.369 e. The number of nitrogens with one attached hydrogen (secondary N) is 1. The van der Waals surface area contributed by atoms with Crippen molar-refractivity contribution < 1.29 is 9.59 Å². The average Bonchev–Trinajstić information content (AvgIpc) is 2.52. The van der Waals surface area contributed by atoms with E-state index in [1.165, 1.54) is 6.92 Å². The Morgan fingerprint density at radius 3 is 2.61 bits per heavy atom. The molecule has 0 spiro atoms. The first-order chi connectivity index (χ1) is 11.0. The number of aromatic nitrogens is 1. The third-order valence-corrected chi connectivity index (χ3v) is 4.46. The molecule has 0 aromatic carbocycles. The van der Waals surface area contributed by atoms with Gasteiger partial charge in [0.1, 0.15) is 0 Å². The van der Waals surface area contributed by atoms with E-state index < -0.39 is 11.8 Å². The normalized spacial score (nSPS) is 17.5. The molecule has 0 bridgehead atoms. The van der Waals surface area contributed by atoms with Crippen LogP contribution >= 0.6 is 11.8 Å². The Hall–Kier alpha value is -2.59. The number of nitriles is 1. The van der Waals surface area contributed by atoms with Crippen molar-refractivity contribution in [1.29, 1.82) is 5.26 Å². The molecular formula is C16H16N4O2S. The van der Waals surface area contributed by atoms with Crippen LogP contribution in [0.3, 0.4) is 0 Å². The molecule has 118 valence electrons. The standard InChI is InChI=1S/C16H16N4O2S/c1-9-14(10(2)21)15(11-3-5-19-6-4-11)12(7-17)16(20-9)23-8-13(18)22/h3-6,15,20H,8H2,1-2H3,(H2,18,22). The summed E-state index contributed by atoms with van der Waals surface area (Å²) in [5, 5.41) is 13.2. The van der Waals surface area contributed by atoms with Crippen LogP contribution in [-0.2, 0) is 9.59 Å². The SMILES string of the molecule is CC(=O)C1=C(C)NC(SCC(N)=O)=C(C#N)C1c1ccncc1. The van der Waals surface area contributed by atoms with Gasteiger partial charge in [0.2, 0.25) is 5.91 Å². The van der Waals surface area contributed by atoms with E-state index in [1.54, 1.807) is 31.5 Å². The molecule has 3 N–H and O–H groups in total. The lowest BCUT2D eigenvalue weighted by Gasteiger charge is -2.29. The minimum atomic E-state index is -0.475. The number of dihydropyridines is 1. The Morgan fingerprint density at radius 2 is 2.09 bits per heavy atom. The van der Waals surface area contributed by atoms with Gasteiger partial charge in [0, 0.05) is 23.7 Å². The number of pyridine rings is 1. The van der Waals surface area contributed by atoms with Gasteiger partial charge in [-0.25, -0.2) is 0 Å². The van der Waals surface area contributed by atoms with Crippen LogP contribution in [0.4, 0.5) is 0 Å². The number of rotatable bonds is 5. The molecule has 0 saturated carbocycles. The van der Waals surface area contributed by atoms with Gasteiger partial charge in [0.05, 0.1) is 28.3 Å². The number of hydrogen-bond acceptors (Lipinski definition) is 6. The molecule has 0 fully saturated rings. The van der Waals surface area contributed by atoms with Crippen LogP contribution in [0.5, 0.6) is 0 Å². The maximum absolute atomic E-state index is 12.1. The van der Waals surface area contributed by atoms with E-state index >= 15 is 0 Å². The highest BCUT2D eigenvalue weighted by Crippen LogP contribution is 2.40. The number of amides is 1. The molecule has 1 aliphatic rings. The number of primary amides is 1. The Kier molecular flexibility index (Phi) is 5.19. The predicted octanol–water partition coefficient (Wildman–Crippen LogP) is 1.59. The summed E-state index contributed by atoms with van der Waals surface area (Å²) in [5.41, 5.74) is 7.60. The molecule has 1 unspecified atom stereocenters. The molecule has 1 atom stereocenters. The molecule has 0 aliphatic carbocycles. The summed E-state index contributed by atoms with van der Waals surface area (Å²) in [4.78, 5) is 27.1. The summed E-state index contributed by atoms with van der Waals surface area (Å²) < 4.78 is 0. The first kappa shape index (κ1) is 16.8. The third-order valence-electron chi connectivity index (χ3n) is 3.42. The van der Waals surface area contributed by atoms with E-state index in [0.29, 0.717) is 21.9 Å². The number of nitrogens with two attached hydrogens (primary N) is 1. The van der Waals surface area contributed by atoms with Gasteiger partial charge in [-0.1, -0.05) is 11.8 Å². The highest BCUT2D eigenvalue weighted by atomic mass is 32.2. The van der Waals surface area contributed by atoms with E-state index in [4.69, 9.17) is 5.73 Å². The van der Waals surface area contributed by atoms with E-state index in [1.807, 2.05) is 0 Å². The van der Waals surface area contributed by atoms with Gasteiger partial charge in [-0.2, -0.15) is 5.26 Å². The number of ketones is 1. The molecule has 7 heteroatoms. The van der Waals surface area contributed by atoms with Crippen molar-refractivity contribution in [2.24, 2.45) is 5.73 Å². The number of carbonyl (C=O) groups is 2. The highest BCUT2D eigenvalue weighted by Gasteiger charge is 2.33. The van der Waals surface area contributed by atoms with Crippen LogP contribution in [0, 0.1) is 11.3 Å². The van der Waals surface area contributed by atoms with Gasteiger partial charge in [-0.3, -0.25) is 14.6 Å². The maximum Gasteiger partial charge on any atom is 0.227 e. The van der Waals surface area contributed by atoms with E-state index in [9.17, 15) is 14.9 Å². The zero-order valence-electron chi connectivity index (χ0n) is 12.8. The molecule has 0 saturated heterocycles. The fourth-order valence-corrected chi connectivity index (χ4v) is 3.36. The van der Waals surface area contributed by atoms with E-state index in [2.05, 4.69) is 16.4 Å². The summed E-state index contributed by atoms with van der Waals surface area (Å²) >= 11 is 1.16. The van der Waals surface area contributed by atoms with Crippen molar-refractivity contribution >= 4 is 23.5 Å². The molecular weight excluding hydrogens is 312 g/mol. The van der Waals surface area contributed by atoms with Gasteiger partial charge in [0.15, 0.2) is 5.78 Å². The maximum atomic E-state index is 12.1. The quantitative estimate of drug-likeness (QED) is 0.849. The van der Waals surface area contributed by atoms with Crippen molar-refractivity contribution in [3.05, 3.63) is 52.0 Å². The van der Waals surface area contributed by atoms with Gasteiger partial charge in [-0.15, -0.1) is 0 Å². The van der Waals surface area contributed by atoms with Crippen LogP contribution in [0.15, 0.2) is 46.4 Å². The van der Waals surface area contributed by atoms with Crippen molar-refractivity contribution in [1.82, 2.24) is 10.3 Å². The van der Waals surface area contributed by atoms with Crippen molar-refractivity contribution in [3.63, 3.8) is 0 Å². The topological polar surface area (TPSA) is 109 Å². The summed E-state index contributed by atoms with van der Waals surface area (Å²) in [6.45, 7) is 3.26. The van der Waals surface area contributed by atoms with Crippen LogP contribution in [0.25, 0.3) is 0 Å². The number of thioether (sulfide) groups is 1. The second kappa shape index (κ2) is 7.11. The second-order valence-corrected chi connectivity index (χ2v) is 6.03. The lowest BCUT2D eigenvalue weighted by Crippen LogP contribution is -2.27. The van der Waals surface area contributed by atoms with Gasteiger partial charge in [0.25, 0.3) is 0 Å². The zero-order chi connectivity index (χ0) is 17.0. The van der Waals surface area contributed by atoms with Crippen LogP contribution < -0.4 is 11.1 Å². The predicted molar refractivity (Wildman–Crippen MR) is 87.8 cm³/mol. The number of Topliss-reactive ketones (excluding diaryl/α,β-unsaturated/α-hetero) is 1. The smallest absolute Gasteiger partial charge is 0.227 e. The summed E-state index contributed by atoms with van der Waals surface area (Å²) in [7, 11) is 0. The Bertz CT molecular complexity index is 747. The second-order valence-electron chi connectivity index (χ2n) is 5.04. The highest BCUT2D eigenvalue weighted by molar-refractivity contribution is 8.03. The van der Waals surface area contributed by atoms with Crippen molar-refractivity contribution in [2.45, 2.75) is 19.8 Å². The van der Waals surface area contributed by atoms with Crippen molar-refractivity contribution in [2.75, 3.05) is 5.75 Å². The molecule has 1 aromatic heterocycles. The molecule has 1 amide bonds. The number of carbonyl (C=O) groups excluding carboxylic acids is 2. The molecule has 0 radical (unpaired) electrons. The lowest BCUT2D eigenvalue weighted by molar-refractivity contribution is -0.115. The number of nitrogens with zero attached hydrogens (tertiary/aromatic N) is 2. The van der Waals surface area contributed by atoms with E-state index in [0.717, 1.165) is 17.3 Å². The van der Waals surface area contributed by atoms with Gasteiger partial charge < -0.3 is 11.1 Å². The fraction of sp³-hybridized carbons (Fsp3) is 0.250. The Morgan fingerprint density at radius 1 is 1.43 bits per heavy atom. The number of hydrogen-bond donors (Lipinski definition) is 2.